The summed E-state index contributed by atoms with van der Waals surface area (Å²) in [4.78, 5) is 15.7. The van der Waals surface area contributed by atoms with Gasteiger partial charge in [-0.1, -0.05) is 12.1 Å². The number of carbonyl (C=O) groups is 1. The maximum atomic E-state index is 11.7. The molecule has 0 fully saturated rings. The molecule has 0 spiro atoms. The number of ether oxygens (including phenoxy) is 1. The van der Waals surface area contributed by atoms with Crippen LogP contribution in [0.4, 0.5) is 5.69 Å². The molecule has 0 saturated heterocycles. The molecule has 1 amide bonds. The fourth-order valence-electron chi connectivity index (χ4n) is 1.82. The molecule has 3 N–H and O–H groups in total. The van der Waals surface area contributed by atoms with Gasteiger partial charge in [0.25, 0.3) is 0 Å². The first-order valence-electron chi connectivity index (χ1n) is 6.80. The molecule has 2 aromatic rings. The van der Waals surface area contributed by atoms with Crippen LogP contribution in [0.5, 0.6) is 5.75 Å². The molecule has 23 heavy (non-hydrogen) atoms. The fourth-order valence-corrected chi connectivity index (χ4v) is 1.82. The van der Waals surface area contributed by atoms with Gasteiger partial charge in [0.05, 0.1) is 0 Å². The quantitative estimate of drug-likeness (QED) is 0.832. The standard InChI is InChI=1S/C16H19N3O2.2ClH/c1-12(17)8-16(20)19-14-5-2-6-15(9-14)21-11-13-4-3-7-18-10-13;;/h2-7,9-10,12H,8,11,17H2,1H3,(H,19,20);2*1H. The first-order valence-corrected chi connectivity index (χ1v) is 6.80. The van der Waals surface area contributed by atoms with Gasteiger partial charge in [0.1, 0.15) is 12.4 Å². The van der Waals surface area contributed by atoms with E-state index in [0.29, 0.717) is 24.5 Å². The van der Waals surface area contributed by atoms with Crippen LogP contribution < -0.4 is 15.8 Å². The number of hydrogen-bond acceptors (Lipinski definition) is 4. The zero-order valence-electron chi connectivity index (χ0n) is 12.8. The summed E-state index contributed by atoms with van der Waals surface area (Å²) < 4.78 is 5.68. The van der Waals surface area contributed by atoms with Gasteiger partial charge >= 0.3 is 0 Å². The molecular weight excluding hydrogens is 337 g/mol. The molecule has 0 aliphatic carbocycles. The Hall–Kier alpha value is -1.82. The van der Waals surface area contributed by atoms with Crippen LogP contribution in [0, 0.1) is 0 Å². The molecule has 0 bridgehead atoms. The topological polar surface area (TPSA) is 77.2 Å². The second-order valence-electron chi connectivity index (χ2n) is 4.91. The molecule has 0 aliphatic rings. The summed E-state index contributed by atoms with van der Waals surface area (Å²) in [5, 5.41) is 2.80. The van der Waals surface area contributed by atoms with E-state index in [0.717, 1.165) is 5.56 Å². The Balaban J connectivity index is 0.00000242. The second kappa shape index (κ2) is 10.8. The zero-order valence-corrected chi connectivity index (χ0v) is 14.4. The van der Waals surface area contributed by atoms with Gasteiger partial charge in [0, 0.05) is 42.2 Å². The lowest BCUT2D eigenvalue weighted by molar-refractivity contribution is -0.116. The first kappa shape index (κ1) is 21.2. The Labute approximate surface area is 148 Å². The maximum Gasteiger partial charge on any atom is 0.225 e. The lowest BCUT2D eigenvalue weighted by atomic mass is 10.2. The minimum atomic E-state index is -0.157. The number of nitrogens with one attached hydrogen (secondary N) is 1. The van der Waals surface area contributed by atoms with E-state index in [2.05, 4.69) is 10.3 Å². The van der Waals surface area contributed by atoms with E-state index >= 15 is 0 Å². The summed E-state index contributed by atoms with van der Waals surface area (Å²) >= 11 is 0. The number of halogens is 2. The van der Waals surface area contributed by atoms with E-state index in [1.165, 1.54) is 0 Å². The predicted molar refractivity (Wildman–Crippen MR) is 96.4 cm³/mol. The van der Waals surface area contributed by atoms with Crippen molar-refractivity contribution in [3.63, 3.8) is 0 Å². The minimum Gasteiger partial charge on any atom is -0.489 e. The molecule has 1 aromatic heterocycles. The Bertz CT molecular complexity index is 595. The van der Waals surface area contributed by atoms with Crippen molar-refractivity contribution in [2.24, 2.45) is 5.73 Å². The van der Waals surface area contributed by atoms with Crippen molar-refractivity contribution in [2.45, 2.75) is 26.0 Å². The third-order valence-electron chi connectivity index (χ3n) is 2.75. The third-order valence-corrected chi connectivity index (χ3v) is 2.75. The van der Waals surface area contributed by atoms with Crippen molar-refractivity contribution in [3.05, 3.63) is 54.4 Å². The van der Waals surface area contributed by atoms with E-state index in [4.69, 9.17) is 10.5 Å². The van der Waals surface area contributed by atoms with E-state index in [1.807, 2.05) is 30.3 Å². The predicted octanol–water partition coefficient (Wildman–Crippen LogP) is 3.18. The highest BCUT2D eigenvalue weighted by atomic mass is 35.5. The molecular formula is C16H21Cl2N3O2. The molecule has 5 nitrogen and oxygen atoms in total. The summed E-state index contributed by atoms with van der Waals surface area (Å²) in [6, 6.07) is 10.9. The number of benzene rings is 1. The highest BCUT2D eigenvalue weighted by Gasteiger charge is 2.06. The molecule has 1 heterocycles. The lowest BCUT2D eigenvalue weighted by Gasteiger charge is -2.10. The van der Waals surface area contributed by atoms with Crippen LogP contribution in [0.2, 0.25) is 0 Å². The van der Waals surface area contributed by atoms with Gasteiger partial charge in [-0.3, -0.25) is 9.78 Å². The number of amides is 1. The van der Waals surface area contributed by atoms with Crippen molar-refractivity contribution in [3.8, 4) is 5.75 Å². The molecule has 0 aliphatic heterocycles. The molecule has 1 atom stereocenters. The van der Waals surface area contributed by atoms with Gasteiger partial charge in [-0.25, -0.2) is 0 Å². The summed E-state index contributed by atoms with van der Waals surface area (Å²) in [7, 11) is 0. The number of hydrogen-bond donors (Lipinski definition) is 2. The molecule has 0 saturated carbocycles. The highest BCUT2D eigenvalue weighted by molar-refractivity contribution is 5.91. The number of pyridine rings is 1. The van der Waals surface area contributed by atoms with E-state index in [1.54, 1.807) is 25.4 Å². The smallest absolute Gasteiger partial charge is 0.225 e. The van der Waals surface area contributed by atoms with Gasteiger partial charge in [0.15, 0.2) is 0 Å². The third kappa shape index (κ3) is 7.83. The van der Waals surface area contributed by atoms with Gasteiger partial charge in [-0.2, -0.15) is 0 Å². The van der Waals surface area contributed by atoms with Crippen molar-refractivity contribution >= 4 is 36.4 Å². The maximum absolute atomic E-state index is 11.7. The van der Waals surface area contributed by atoms with Gasteiger partial charge < -0.3 is 15.8 Å². The molecule has 7 heteroatoms. The lowest BCUT2D eigenvalue weighted by Crippen LogP contribution is -2.23. The summed E-state index contributed by atoms with van der Waals surface area (Å²) in [5.41, 5.74) is 7.29. The van der Waals surface area contributed by atoms with Gasteiger partial charge in [-0.15, -0.1) is 24.8 Å². The van der Waals surface area contributed by atoms with Gasteiger partial charge in [-0.05, 0) is 25.1 Å². The van der Waals surface area contributed by atoms with E-state index < -0.39 is 0 Å². The first-order chi connectivity index (χ1) is 10.1. The average Bonchev–Trinajstić information content (AvgIpc) is 2.46. The Kier molecular flexibility index (Phi) is 9.97. The molecule has 1 unspecified atom stereocenters. The van der Waals surface area contributed by atoms with Crippen molar-refractivity contribution in [1.82, 2.24) is 4.98 Å². The number of nitrogens with zero attached hydrogens (tertiary/aromatic N) is 1. The fraction of sp³-hybridized carbons (Fsp3) is 0.250. The van der Waals surface area contributed by atoms with Crippen LogP contribution in [-0.4, -0.2) is 16.9 Å². The van der Waals surface area contributed by atoms with Gasteiger partial charge in [0.2, 0.25) is 5.91 Å². The van der Waals surface area contributed by atoms with E-state index in [-0.39, 0.29) is 36.8 Å². The SMILES string of the molecule is CC(N)CC(=O)Nc1cccc(OCc2cccnc2)c1.Cl.Cl. The van der Waals surface area contributed by atoms with E-state index in [9.17, 15) is 4.79 Å². The van der Waals surface area contributed by atoms with Crippen molar-refractivity contribution < 1.29 is 9.53 Å². The van der Waals surface area contributed by atoms with Crippen LogP contribution >= 0.6 is 24.8 Å². The number of anilines is 1. The normalized spacial score (nSPS) is 10.7. The molecule has 2 rings (SSSR count). The van der Waals surface area contributed by atoms with Crippen LogP contribution in [-0.2, 0) is 11.4 Å². The van der Waals surface area contributed by atoms with Crippen LogP contribution in [0.3, 0.4) is 0 Å². The molecule has 0 radical (unpaired) electrons. The summed E-state index contributed by atoms with van der Waals surface area (Å²) in [6.07, 6.45) is 3.77. The monoisotopic (exact) mass is 357 g/mol. The average molecular weight is 358 g/mol. The van der Waals surface area contributed by atoms with Crippen LogP contribution in [0.1, 0.15) is 18.9 Å². The Morgan fingerprint density at radius 1 is 1.30 bits per heavy atom. The van der Waals surface area contributed by atoms with Crippen molar-refractivity contribution in [1.29, 1.82) is 0 Å². The van der Waals surface area contributed by atoms with Crippen LogP contribution in [0.15, 0.2) is 48.8 Å². The summed E-state index contributed by atoms with van der Waals surface area (Å²) in [6.45, 7) is 2.23. The molecule has 126 valence electrons. The number of carbonyl (C=O) groups excluding carboxylic acids is 1. The Morgan fingerprint density at radius 3 is 2.74 bits per heavy atom. The summed E-state index contributed by atoms with van der Waals surface area (Å²) in [5.74, 6) is 0.590. The number of aromatic nitrogens is 1. The number of nitrogens with two attached hydrogens (primary N) is 1. The number of rotatable bonds is 6. The second-order valence-corrected chi connectivity index (χ2v) is 4.91. The van der Waals surface area contributed by atoms with Crippen LogP contribution in [0.25, 0.3) is 0 Å². The molecule has 1 aromatic carbocycles. The Morgan fingerprint density at radius 2 is 2.09 bits per heavy atom. The zero-order chi connectivity index (χ0) is 15.1. The highest BCUT2D eigenvalue weighted by Crippen LogP contribution is 2.18. The minimum absolute atomic E-state index is 0. The largest absolute Gasteiger partial charge is 0.489 e. The van der Waals surface area contributed by atoms with Crippen molar-refractivity contribution in [2.75, 3.05) is 5.32 Å².